The lowest BCUT2D eigenvalue weighted by Crippen LogP contribution is -2.35. The Balaban J connectivity index is 1.04. The van der Waals surface area contributed by atoms with E-state index in [1.807, 2.05) is 11.3 Å². The molecule has 3 unspecified atom stereocenters. The van der Waals surface area contributed by atoms with Gasteiger partial charge in [0.1, 0.15) is 0 Å². The summed E-state index contributed by atoms with van der Waals surface area (Å²) in [5.74, 6) is 0.564. The van der Waals surface area contributed by atoms with Gasteiger partial charge in [0.2, 0.25) is 0 Å². The Morgan fingerprint density at radius 2 is 1.02 bits per heavy atom. The molecule has 2 aliphatic rings. The van der Waals surface area contributed by atoms with Crippen LogP contribution in [0.25, 0.3) is 53.2 Å². The third-order valence-electron chi connectivity index (χ3n) is 13.3. The molecule has 0 N–H and O–H groups in total. The number of nitrogens with zero attached hydrogens (tertiary/aromatic N) is 1. The molecule has 1 nitrogen and oxygen atoms in total. The minimum atomic E-state index is -0.342. The molecule has 0 saturated heterocycles. The van der Waals surface area contributed by atoms with Crippen molar-refractivity contribution in [2.24, 2.45) is 5.92 Å². The van der Waals surface area contributed by atoms with Gasteiger partial charge in [0.05, 0.1) is 11.1 Å². The molecule has 10 aromatic rings. The van der Waals surface area contributed by atoms with E-state index in [0.29, 0.717) is 5.92 Å². The Morgan fingerprint density at radius 3 is 1.82 bits per heavy atom. The molecule has 0 fully saturated rings. The van der Waals surface area contributed by atoms with E-state index in [4.69, 9.17) is 0 Å². The summed E-state index contributed by atoms with van der Waals surface area (Å²) in [4.78, 5) is 2.45. The van der Waals surface area contributed by atoms with Gasteiger partial charge in [-0.25, -0.2) is 0 Å². The Bertz CT molecular complexity index is 3300. The average molecular weight is 796 g/mol. The molecular weight excluding hydrogens is 755 g/mol. The highest BCUT2D eigenvalue weighted by Crippen LogP contribution is 2.59. The van der Waals surface area contributed by atoms with E-state index in [0.717, 1.165) is 17.1 Å². The molecule has 1 heterocycles. The number of fused-ring (bicyclic) bond motifs is 7. The second kappa shape index (κ2) is 14.5. The molecule has 3 atom stereocenters. The standard InChI is InChI=1S/C59H41NS/c1-3-16-40(17-4-1)46-38-39-55(51-23-8-7-20-48(46)51)60(44-34-30-41(31-35-44)47-25-15-29-57-58(47)52-24-11-14-28-56(52)61-57)45-36-32-43(33-37-45)59(42-18-5-2-6-19-42)53-26-12-9-21-49(53)50-22-10-13-27-54(50)59/h1-39,49,53H. The molecule has 61 heavy (non-hydrogen) atoms. The zero-order chi connectivity index (χ0) is 40.3. The first-order valence-electron chi connectivity index (χ1n) is 21.3. The number of anilines is 3. The van der Waals surface area contributed by atoms with Crippen LogP contribution < -0.4 is 4.90 Å². The van der Waals surface area contributed by atoms with E-state index in [1.54, 1.807) is 0 Å². The molecule has 288 valence electrons. The fourth-order valence-electron chi connectivity index (χ4n) is 10.7. The van der Waals surface area contributed by atoms with Crippen LogP contribution in [0.1, 0.15) is 28.2 Å². The molecular formula is C59H41NS. The van der Waals surface area contributed by atoms with Crippen LogP contribution in [0, 0.1) is 5.92 Å². The maximum absolute atomic E-state index is 2.45. The Labute approximate surface area is 360 Å². The number of allylic oxidation sites excluding steroid dienone is 4. The third-order valence-corrected chi connectivity index (χ3v) is 14.4. The molecule has 0 spiro atoms. The van der Waals surface area contributed by atoms with Gasteiger partial charge in [-0.15, -0.1) is 11.3 Å². The molecule has 9 aromatic carbocycles. The molecule has 2 heteroatoms. The van der Waals surface area contributed by atoms with Crippen molar-refractivity contribution in [1.82, 2.24) is 0 Å². The fourth-order valence-corrected chi connectivity index (χ4v) is 11.8. The lowest BCUT2D eigenvalue weighted by molar-refractivity contribution is 0.457. The van der Waals surface area contributed by atoms with Crippen LogP contribution >= 0.6 is 11.3 Å². The fraction of sp³-hybridized carbons (Fsp3) is 0.0508. The lowest BCUT2D eigenvalue weighted by atomic mass is 9.63. The largest absolute Gasteiger partial charge is 0.310 e. The van der Waals surface area contributed by atoms with Gasteiger partial charge in [-0.2, -0.15) is 0 Å². The second-order valence-electron chi connectivity index (χ2n) is 16.3. The van der Waals surface area contributed by atoms with E-state index < -0.39 is 0 Å². The average Bonchev–Trinajstić information content (AvgIpc) is 3.87. The maximum atomic E-state index is 2.45. The SMILES string of the molecule is C1=CC2c3ccccc3C(c3ccccc3)(c3ccc(N(c4ccc(-c5cccc6sc7ccccc7c56)cc4)c4ccc(-c5ccccc5)c5ccccc45)cc3)C2C=C1. The minimum Gasteiger partial charge on any atom is -0.310 e. The van der Waals surface area contributed by atoms with Crippen molar-refractivity contribution in [2.75, 3.05) is 4.90 Å². The summed E-state index contributed by atoms with van der Waals surface area (Å²) in [5, 5.41) is 5.09. The van der Waals surface area contributed by atoms with Crippen LogP contribution in [0.3, 0.4) is 0 Å². The van der Waals surface area contributed by atoms with E-state index in [2.05, 4.69) is 242 Å². The quantitative estimate of drug-likeness (QED) is 0.155. The van der Waals surface area contributed by atoms with Crippen LogP contribution in [-0.2, 0) is 5.41 Å². The smallest absolute Gasteiger partial charge is 0.0540 e. The van der Waals surface area contributed by atoms with Crippen molar-refractivity contribution in [3.63, 3.8) is 0 Å². The summed E-state index contributed by atoms with van der Waals surface area (Å²) in [6.07, 6.45) is 9.32. The highest BCUT2D eigenvalue weighted by atomic mass is 32.1. The predicted molar refractivity (Wildman–Crippen MR) is 260 cm³/mol. The van der Waals surface area contributed by atoms with Crippen LogP contribution in [0.5, 0.6) is 0 Å². The van der Waals surface area contributed by atoms with Crippen LogP contribution in [0.2, 0.25) is 0 Å². The molecule has 0 aliphatic heterocycles. The molecule has 12 rings (SSSR count). The molecule has 1 aromatic heterocycles. The number of thiophene rings is 1. The molecule has 0 amide bonds. The zero-order valence-electron chi connectivity index (χ0n) is 33.5. The number of hydrogen-bond donors (Lipinski definition) is 0. The molecule has 2 aliphatic carbocycles. The van der Waals surface area contributed by atoms with E-state index in [-0.39, 0.29) is 11.3 Å². The summed E-state index contributed by atoms with van der Waals surface area (Å²) >= 11 is 1.87. The summed E-state index contributed by atoms with van der Waals surface area (Å²) in [6.45, 7) is 0. The van der Waals surface area contributed by atoms with Crippen LogP contribution in [0.4, 0.5) is 17.1 Å². The highest BCUT2D eigenvalue weighted by molar-refractivity contribution is 7.25. The van der Waals surface area contributed by atoms with Crippen molar-refractivity contribution in [3.05, 3.63) is 259 Å². The van der Waals surface area contributed by atoms with Gasteiger partial charge in [0, 0.05) is 48.8 Å². The van der Waals surface area contributed by atoms with Gasteiger partial charge >= 0.3 is 0 Å². The third kappa shape index (κ3) is 5.60. The van der Waals surface area contributed by atoms with Gasteiger partial charge in [0.15, 0.2) is 0 Å². The summed E-state index contributed by atoms with van der Waals surface area (Å²) in [6, 6.07) is 78.8. The van der Waals surface area contributed by atoms with E-state index >= 15 is 0 Å². The van der Waals surface area contributed by atoms with E-state index in [1.165, 1.54) is 75.5 Å². The Hall–Kier alpha value is -7.26. The van der Waals surface area contributed by atoms with Gasteiger partial charge in [-0.1, -0.05) is 194 Å². The number of hydrogen-bond acceptors (Lipinski definition) is 2. The first kappa shape index (κ1) is 35.7. The molecule has 0 bridgehead atoms. The van der Waals surface area contributed by atoms with Gasteiger partial charge in [0.25, 0.3) is 0 Å². The summed E-state index contributed by atoms with van der Waals surface area (Å²) in [7, 11) is 0. The zero-order valence-corrected chi connectivity index (χ0v) is 34.3. The summed E-state index contributed by atoms with van der Waals surface area (Å²) < 4.78 is 2.64. The van der Waals surface area contributed by atoms with Gasteiger partial charge in [-0.3, -0.25) is 0 Å². The lowest BCUT2D eigenvalue weighted by Gasteiger charge is -2.39. The second-order valence-corrected chi connectivity index (χ2v) is 17.4. The van der Waals surface area contributed by atoms with E-state index in [9.17, 15) is 0 Å². The monoisotopic (exact) mass is 795 g/mol. The predicted octanol–water partition coefficient (Wildman–Crippen LogP) is 16.2. The van der Waals surface area contributed by atoms with Crippen molar-refractivity contribution in [3.8, 4) is 22.3 Å². The van der Waals surface area contributed by atoms with Crippen molar-refractivity contribution in [2.45, 2.75) is 11.3 Å². The Morgan fingerprint density at radius 1 is 0.410 bits per heavy atom. The van der Waals surface area contributed by atoms with Crippen molar-refractivity contribution in [1.29, 1.82) is 0 Å². The first-order valence-corrected chi connectivity index (χ1v) is 22.1. The highest BCUT2D eigenvalue weighted by Gasteiger charge is 2.52. The molecule has 0 radical (unpaired) electrons. The summed E-state index contributed by atoms with van der Waals surface area (Å²) in [5.41, 5.74) is 13.4. The van der Waals surface area contributed by atoms with Crippen LogP contribution in [0.15, 0.2) is 237 Å². The van der Waals surface area contributed by atoms with Crippen molar-refractivity contribution < 1.29 is 0 Å². The normalized spacial score (nSPS) is 17.8. The van der Waals surface area contributed by atoms with Gasteiger partial charge < -0.3 is 4.90 Å². The minimum absolute atomic E-state index is 0.256. The molecule has 0 saturated carbocycles. The van der Waals surface area contributed by atoms with Gasteiger partial charge in [-0.05, 0) is 92.4 Å². The first-order chi connectivity index (χ1) is 30.3. The Kier molecular flexibility index (Phi) is 8.47. The number of benzene rings is 9. The maximum Gasteiger partial charge on any atom is 0.0540 e. The topological polar surface area (TPSA) is 3.24 Å². The number of rotatable bonds is 7. The van der Waals surface area contributed by atoms with Crippen molar-refractivity contribution >= 4 is 59.3 Å². The van der Waals surface area contributed by atoms with Crippen LogP contribution in [-0.4, -0.2) is 0 Å².